The average molecular weight is 280 g/mol. The summed E-state index contributed by atoms with van der Waals surface area (Å²) in [6, 6.07) is 3.22. The van der Waals surface area contributed by atoms with Gasteiger partial charge in [-0.15, -0.1) is 0 Å². The van der Waals surface area contributed by atoms with Crippen molar-refractivity contribution >= 4 is 11.6 Å². The molecule has 1 aromatic carbocycles. The molecular formula is C14H20N2O4. The second-order valence-electron chi connectivity index (χ2n) is 4.51. The monoisotopic (exact) mass is 280 g/mol. The van der Waals surface area contributed by atoms with Crippen molar-refractivity contribution in [2.75, 3.05) is 32.3 Å². The minimum Gasteiger partial charge on any atom is -0.454 e. The molecule has 2 rings (SSSR count). The summed E-state index contributed by atoms with van der Waals surface area (Å²) in [6.45, 7) is 4.17. The van der Waals surface area contributed by atoms with Crippen LogP contribution in [0.4, 0.5) is 5.69 Å². The molecule has 0 aliphatic carbocycles. The summed E-state index contributed by atoms with van der Waals surface area (Å²) in [5, 5.41) is 2.81. The zero-order chi connectivity index (χ0) is 14.4. The Hall–Kier alpha value is -1.95. The molecular weight excluding hydrogens is 260 g/mol. The van der Waals surface area contributed by atoms with Gasteiger partial charge in [-0.05, 0) is 18.9 Å². The molecule has 20 heavy (non-hydrogen) atoms. The highest BCUT2D eigenvalue weighted by molar-refractivity contribution is 6.00. The Morgan fingerprint density at radius 1 is 1.35 bits per heavy atom. The second kappa shape index (κ2) is 7.00. The number of nitrogen functional groups attached to an aromatic ring is 1. The minimum atomic E-state index is -0.212. The predicted octanol–water partition coefficient (Wildman–Crippen LogP) is 1.54. The summed E-state index contributed by atoms with van der Waals surface area (Å²) in [5.41, 5.74) is 6.63. The molecule has 1 heterocycles. The molecule has 0 atom stereocenters. The average Bonchev–Trinajstić information content (AvgIpc) is 2.88. The lowest BCUT2D eigenvalue weighted by atomic mass is 10.1. The Bertz CT molecular complexity index is 476. The van der Waals surface area contributed by atoms with Crippen LogP contribution >= 0.6 is 0 Å². The van der Waals surface area contributed by atoms with E-state index in [1.807, 2.05) is 0 Å². The van der Waals surface area contributed by atoms with Gasteiger partial charge >= 0.3 is 0 Å². The number of benzene rings is 1. The van der Waals surface area contributed by atoms with E-state index in [2.05, 4.69) is 12.2 Å². The third-order valence-corrected chi connectivity index (χ3v) is 2.89. The SMILES string of the molecule is CCCOCCCNC(=O)c1cc2c(cc1N)OCO2. The Labute approximate surface area is 118 Å². The first-order chi connectivity index (χ1) is 9.72. The van der Waals surface area contributed by atoms with Gasteiger partial charge in [0.25, 0.3) is 5.91 Å². The number of amides is 1. The molecule has 0 fully saturated rings. The molecule has 0 saturated carbocycles. The molecule has 1 amide bonds. The summed E-state index contributed by atoms with van der Waals surface area (Å²) in [7, 11) is 0. The molecule has 0 spiro atoms. The van der Waals surface area contributed by atoms with E-state index in [0.717, 1.165) is 19.4 Å². The first-order valence-corrected chi connectivity index (χ1v) is 6.77. The van der Waals surface area contributed by atoms with Crippen LogP contribution in [-0.4, -0.2) is 32.5 Å². The highest BCUT2D eigenvalue weighted by Crippen LogP contribution is 2.35. The minimum absolute atomic E-state index is 0.161. The fourth-order valence-electron chi connectivity index (χ4n) is 1.87. The summed E-state index contributed by atoms with van der Waals surface area (Å²) in [6.07, 6.45) is 1.77. The molecule has 0 radical (unpaired) electrons. The van der Waals surface area contributed by atoms with E-state index in [0.29, 0.717) is 35.9 Å². The molecule has 1 aliphatic heterocycles. The number of anilines is 1. The van der Waals surface area contributed by atoms with Gasteiger partial charge in [0.15, 0.2) is 11.5 Å². The van der Waals surface area contributed by atoms with Crippen LogP contribution in [0.25, 0.3) is 0 Å². The van der Waals surface area contributed by atoms with Gasteiger partial charge in [-0.3, -0.25) is 4.79 Å². The van der Waals surface area contributed by atoms with E-state index in [1.165, 1.54) is 0 Å². The second-order valence-corrected chi connectivity index (χ2v) is 4.51. The van der Waals surface area contributed by atoms with Crippen LogP contribution in [0.2, 0.25) is 0 Å². The van der Waals surface area contributed by atoms with Crippen molar-refractivity contribution in [3.8, 4) is 11.5 Å². The lowest BCUT2D eigenvalue weighted by Gasteiger charge is -2.09. The van der Waals surface area contributed by atoms with E-state index >= 15 is 0 Å². The van der Waals surface area contributed by atoms with Gasteiger partial charge in [-0.1, -0.05) is 6.92 Å². The fraction of sp³-hybridized carbons (Fsp3) is 0.500. The van der Waals surface area contributed by atoms with Crippen molar-refractivity contribution in [2.24, 2.45) is 0 Å². The third kappa shape index (κ3) is 3.54. The number of hydrogen-bond donors (Lipinski definition) is 2. The highest BCUT2D eigenvalue weighted by atomic mass is 16.7. The van der Waals surface area contributed by atoms with Crippen LogP contribution in [0, 0.1) is 0 Å². The smallest absolute Gasteiger partial charge is 0.253 e. The first kappa shape index (κ1) is 14.5. The largest absolute Gasteiger partial charge is 0.454 e. The van der Waals surface area contributed by atoms with E-state index < -0.39 is 0 Å². The number of carbonyl (C=O) groups excluding carboxylic acids is 1. The van der Waals surface area contributed by atoms with Crippen LogP contribution in [0.5, 0.6) is 11.5 Å². The van der Waals surface area contributed by atoms with Crippen molar-refractivity contribution in [2.45, 2.75) is 19.8 Å². The molecule has 0 aromatic heterocycles. The first-order valence-electron chi connectivity index (χ1n) is 6.77. The van der Waals surface area contributed by atoms with Gasteiger partial charge in [0.1, 0.15) is 0 Å². The number of nitrogens with one attached hydrogen (secondary N) is 1. The molecule has 0 saturated heterocycles. The Morgan fingerprint density at radius 2 is 2.10 bits per heavy atom. The van der Waals surface area contributed by atoms with Crippen LogP contribution in [0.1, 0.15) is 30.1 Å². The van der Waals surface area contributed by atoms with Crippen LogP contribution < -0.4 is 20.5 Å². The lowest BCUT2D eigenvalue weighted by molar-refractivity contribution is 0.0942. The number of hydrogen-bond acceptors (Lipinski definition) is 5. The lowest BCUT2D eigenvalue weighted by Crippen LogP contribution is -2.26. The van der Waals surface area contributed by atoms with Gasteiger partial charge in [0.05, 0.1) is 5.56 Å². The summed E-state index contributed by atoms with van der Waals surface area (Å²) < 4.78 is 15.8. The molecule has 6 heteroatoms. The molecule has 1 aromatic rings. The number of ether oxygens (including phenoxy) is 3. The van der Waals surface area contributed by atoms with E-state index in [-0.39, 0.29) is 12.7 Å². The summed E-state index contributed by atoms with van der Waals surface area (Å²) >= 11 is 0. The van der Waals surface area contributed by atoms with Crippen molar-refractivity contribution in [1.29, 1.82) is 0 Å². The van der Waals surface area contributed by atoms with Gasteiger partial charge < -0.3 is 25.3 Å². The molecule has 0 unspecified atom stereocenters. The van der Waals surface area contributed by atoms with Gasteiger partial charge in [0.2, 0.25) is 6.79 Å². The van der Waals surface area contributed by atoms with Crippen molar-refractivity contribution in [3.63, 3.8) is 0 Å². The number of carbonyl (C=O) groups is 1. The van der Waals surface area contributed by atoms with E-state index in [9.17, 15) is 4.79 Å². The maximum absolute atomic E-state index is 12.0. The Morgan fingerprint density at radius 3 is 2.85 bits per heavy atom. The van der Waals surface area contributed by atoms with Crippen molar-refractivity contribution in [1.82, 2.24) is 5.32 Å². The zero-order valence-electron chi connectivity index (χ0n) is 11.6. The predicted molar refractivity (Wildman–Crippen MR) is 75.0 cm³/mol. The molecule has 3 N–H and O–H groups in total. The molecule has 110 valence electrons. The van der Waals surface area contributed by atoms with Crippen LogP contribution in [0.3, 0.4) is 0 Å². The molecule has 0 bridgehead atoms. The molecule has 1 aliphatic rings. The van der Waals surface area contributed by atoms with Crippen LogP contribution in [0.15, 0.2) is 12.1 Å². The fourth-order valence-corrected chi connectivity index (χ4v) is 1.87. The number of nitrogens with two attached hydrogens (primary N) is 1. The zero-order valence-corrected chi connectivity index (χ0v) is 11.6. The topological polar surface area (TPSA) is 82.8 Å². The van der Waals surface area contributed by atoms with Gasteiger partial charge in [-0.2, -0.15) is 0 Å². The summed E-state index contributed by atoms with van der Waals surface area (Å²) in [4.78, 5) is 12.0. The Balaban J connectivity index is 1.83. The van der Waals surface area contributed by atoms with Gasteiger partial charge in [-0.25, -0.2) is 0 Å². The quantitative estimate of drug-likeness (QED) is 0.585. The summed E-state index contributed by atoms with van der Waals surface area (Å²) in [5.74, 6) is 0.916. The standard InChI is InChI=1S/C14H20N2O4/c1-2-5-18-6-3-4-16-14(17)10-7-12-13(8-11(10)15)20-9-19-12/h7-8H,2-6,9,15H2,1H3,(H,16,17). The molecule has 6 nitrogen and oxygen atoms in total. The maximum Gasteiger partial charge on any atom is 0.253 e. The van der Waals surface area contributed by atoms with Crippen LogP contribution in [-0.2, 0) is 4.74 Å². The van der Waals surface area contributed by atoms with Gasteiger partial charge in [0, 0.05) is 31.5 Å². The number of rotatable bonds is 7. The van der Waals surface area contributed by atoms with E-state index in [1.54, 1.807) is 12.1 Å². The maximum atomic E-state index is 12.0. The van der Waals surface area contributed by atoms with Crippen molar-refractivity contribution in [3.05, 3.63) is 17.7 Å². The van der Waals surface area contributed by atoms with Crippen molar-refractivity contribution < 1.29 is 19.0 Å². The Kier molecular flexibility index (Phi) is 5.06. The van der Waals surface area contributed by atoms with E-state index in [4.69, 9.17) is 19.9 Å². The third-order valence-electron chi connectivity index (χ3n) is 2.89. The highest BCUT2D eigenvalue weighted by Gasteiger charge is 2.19. The normalized spacial score (nSPS) is 12.4. The number of fused-ring (bicyclic) bond motifs is 1.